The molecule has 0 atom stereocenters. The zero-order chi connectivity index (χ0) is 4.71. The fourth-order valence-electron chi connectivity index (χ4n) is 0. The van der Waals surface area contributed by atoms with E-state index in [1.807, 2.05) is 0 Å². The topological polar surface area (TPSA) is 163 Å². The van der Waals surface area contributed by atoms with Crippen LogP contribution in [0.3, 0.4) is 0 Å². The Bertz CT molecular complexity index is 18.8. The first-order valence-electron chi connectivity index (χ1n) is 0.716. The van der Waals surface area contributed by atoms with Gasteiger partial charge in [0.2, 0.25) is 0 Å². The molecular formula is H8N3NaO4. The Hall–Kier alpha value is 0.240. The molecule has 0 aromatic rings. The molecule has 8 heavy (non-hydrogen) atoms. The van der Waals surface area contributed by atoms with E-state index in [4.69, 9.17) is 10.1 Å². The Morgan fingerprint density at radius 3 is 1.38 bits per heavy atom. The summed E-state index contributed by atoms with van der Waals surface area (Å²) in [5.74, 6) is 8.00. The number of rotatable bonds is 0. The van der Waals surface area contributed by atoms with Crippen LogP contribution in [0.25, 0.3) is 0 Å². The third kappa shape index (κ3) is 2970. The van der Waals surface area contributed by atoms with Gasteiger partial charge < -0.3 is 16.2 Å². The van der Waals surface area contributed by atoms with Crippen LogP contribution < -0.4 is 41.2 Å². The van der Waals surface area contributed by atoms with Crippen molar-refractivity contribution in [2.75, 3.05) is 0 Å². The summed E-state index contributed by atoms with van der Waals surface area (Å²) in [5, 5.41) is 7.89. The molecule has 48 valence electrons. The fraction of sp³-hybridized carbons (Fsp3) is 0. The molecule has 0 bridgehead atoms. The molecule has 0 unspecified atom stereocenters. The minimum atomic E-state index is 0. The summed E-state index contributed by atoms with van der Waals surface area (Å²) in [6.45, 7) is 0. The summed E-state index contributed by atoms with van der Waals surface area (Å²) >= 11 is 0. The van der Waals surface area contributed by atoms with Crippen LogP contribution in [-0.4, -0.2) is 16.2 Å². The van der Waals surface area contributed by atoms with Crippen LogP contribution in [0.4, 0.5) is 0 Å². The second-order valence-corrected chi connectivity index (χ2v) is 0.0816. The van der Waals surface area contributed by atoms with Crippen LogP contribution in [0.5, 0.6) is 0 Å². The molecule has 0 saturated carbocycles. The van der Waals surface area contributed by atoms with Gasteiger partial charge in [-0.15, -0.1) is 4.91 Å². The second kappa shape index (κ2) is 183. The van der Waals surface area contributed by atoms with Crippen LogP contribution in [-0.2, 0) is 0 Å². The van der Waals surface area contributed by atoms with Crippen molar-refractivity contribution in [2.45, 2.75) is 0 Å². The van der Waals surface area contributed by atoms with Gasteiger partial charge in [-0.25, -0.2) is 0 Å². The normalized spacial score (nSPS) is 2.25. The Morgan fingerprint density at radius 1 is 1.38 bits per heavy atom. The van der Waals surface area contributed by atoms with Gasteiger partial charge in [0, 0.05) is 0 Å². The zero-order valence-corrected chi connectivity index (χ0v) is 6.40. The second-order valence-electron chi connectivity index (χ2n) is 0.0816. The van der Waals surface area contributed by atoms with Gasteiger partial charge in [-0.2, -0.15) is 0 Å². The molecule has 0 heterocycles. The van der Waals surface area contributed by atoms with E-state index < -0.39 is 0 Å². The summed E-state index contributed by atoms with van der Waals surface area (Å²) in [6.07, 6.45) is 0. The Labute approximate surface area is 67.8 Å². The number of hydrazine groups is 1. The molecule has 0 aromatic carbocycles. The SMILES string of the molecule is NN.O.O=NO.[Na+].[OH-]. The molecule has 8 N–H and O–H groups in total. The van der Waals surface area contributed by atoms with Gasteiger partial charge >= 0.3 is 29.6 Å². The Kier molecular flexibility index (Phi) is 943. The molecule has 0 amide bonds. The van der Waals surface area contributed by atoms with Gasteiger partial charge in [0.1, 0.15) is 0 Å². The molecule has 0 aliphatic carbocycles. The third-order valence-electron chi connectivity index (χ3n) is 0. The van der Waals surface area contributed by atoms with Crippen molar-refractivity contribution in [1.29, 1.82) is 0 Å². The molecule has 0 aromatic heterocycles. The average Bonchev–Trinajstić information content (AvgIpc) is 1.46. The molecule has 0 saturated heterocycles. The quantitative estimate of drug-likeness (QED) is 0.131. The van der Waals surface area contributed by atoms with E-state index >= 15 is 0 Å². The first-order valence-corrected chi connectivity index (χ1v) is 0.716. The van der Waals surface area contributed by atoms with E-state index in [1.165, 1.54) is 5.34 Å². The molecule has 0 rings (SSSR count). The predicted molar refractivity (Wildman–Crippen MR) is 21.5 cm³/mol. The smallest absolute Gasteiger partial charge is 0.870 e. The van der Waals surface area contributed by atoms with Gasteiger partial charge in [0.05, 0.1) is 0 Å². The molecule has 8 heteroatoms. The number of nitrogens with two attached hydrogens (primary N) is 2. The van der Waals surface area contributed by atoms with Gasteiger partial charge in [-0.05, 0) is 0 Å². The zero-order valence-electron chi connectivity index (χ0n) is 4.40. The number of hydrogen-bond donors (Lipinski definition) is 3. The van der Waals surface area contributed by atoms with Crippen molar-refractivity contribution >= 4 is 0 Å². The molecule has 0 spiro atoms. The molecule has 0 aliphatic heterocycles. The van der Waals surface area contributed by atoms with Crippen molar-refractivity contribution in [3.05, 3.63) is 4.91 Å². The van der Waals surface area contributed by atoms with E-state index in [2.05, 4.69) is 11.7 Å². The van der Waals surface area contributed by atoms with Crippen LogP contribution in [0.1, 0.15) is 0 Å². The Balaban J connectivity index is -0.00000000567. The molecule has 7 nitrogen and oxygen atoms in total. The van der Waals surface area contributed by atoms with Crippen molar-refractivity contribution in [3.63, 3.8) is 0 Å². The first kappa shape index (κ1) is 41.1. The van der Waals surface area contributed by atoms with Crippen LogP contribution in [0, 0.1) is 4.91 Å². The maximum Gasteiger partial charge on any atom is 1.00 e. The summed E-state index contributed by atoms with van der Waals surface area (Å²) in [6, 6.07) is 0. The van der Waals surface area contributed by atoms with E-state index in [-0.39, 0.29) is 40.5 Å². The fourth-order valence-corrected chi connectivity index (χ4v) is 0. The van der Waals surface area contributed by atoms with Crippen LogP contribution >= 0.6 is 0 Å². The maximum atomic E-state index is 8.11. The number of hydrogen-bond acceptors (Lipinski definition) is 5. The van der Waals surface area contributed by atoms with Crippen molar-refractivity contribution in [1.82, 2.24) is 0 Å². The summed E-state index contributed by atoms with van der Waals surface area (Å²) in [7, 11) is 0. The predicted octanol–water partition coefficient (Wildman–Crippen LogP) is -5.04. The minimum Gasteiger partial charge on any atom is -0.870 e. The standard InChI is InChI=1S/H4N2.HNO2.Na.2H2O/c1-2;2-1-3;;;/h1-2H2;(H,2,3);;2*1H2/q;;+1;;/p-1. The van der Waals surface area contributed by atoms with E-state index in [0.717, 1.165) is 0 Å². The van der Waals surface area contributed by atoms with Crippen molar-refractivity contribution in [2.24, 2.45) is 17.0 Å². The minimum absolute atomic E-state index is 0. The molecule has 0 fully saturated rings. The summed E-state index contributed by atoms with van der Waals surface area (Å²) in [5.41, 5.74) is 0. The maximum absolute atomic E-state index is 8.11. The van der Waals surface area contributed by atoms with E-state index in [0.29, 0.717) is 0 Å². The number of nitrogens with zero attached hydrogens (tertiary/aromatic N) is 1. The van der Waals surface area contributed by atoms with Gasteiger partial charge in [0.25, 0.3) is 0 Å². The van der Waals surface area contributed by atoms with E-state index in [9.17, 15) is 0 Å². The van der Waals surface area contributed by atoms with Crippen molar-refractivity contribution < 1.29 is 45.7 Å². The van der Waals surface area contributed by atoms with Gasteiger partial charge in [0.15, 0.2) is 5.34 Å². The third-order valence-corrected chi connectivity index (χ3v) is 0. The van der Waals surface area contributed by atoms with Crippen molar-refractivity contribution in [3.8, 4) is 0 Å². The largest absolute Gasteiger partial charge is 1.00 e. The molecule has 0 aliphatic rings. The van der Waals surface area contributed by atoms with Gasteiger partial charge in [-0.3, -0.25) is 11.7 Å². The van der Waals surface area contributed by atoms with Crippen LogP contribution in [0.2, 0.25) is 0 Å². The average molecular weight is 137 g/mol. The molecular weight excluding hydrogens is 129 g/mol. The molecule has 0 radical (unpaired) electrons. The first-order chi connectivity index (χ1) is 2.41. The van der Waals surface area contributed by atoms with Gasteiger partial charge in [-0.1, -0.05) is 0 Å². The monoisotopic (exact) mass is 137 g/mol. The van der Waals surface area contributed by atoms with E-state index in [1.54, 1.807) is 0 Å². The summed E-state index contributed by atoms with van der Waals surface area (Å²) in [4.78, 5) is 8.11. The van der Waals surface area contributed by atoms with Crippen LogP contribution in [0.15, 0.2) is 5.34 Å². The summed E-state index contributed by atoms with van der Waals surface area (Å²) < 4.78 is 0. The Morgan fingerprint density at radius 2 is 1.38 bits per heavy atom.